The summed E-state index contributed by atoms with van der Waals surface area (Å²) in [5.41, 5.74) is 12.2. The van der Waals surface area contributed by atoms with Gasteiger partial charge >= 0.3 is 6.03 Å². The molecule has 0 radical (unpaired) electrons. The highest BCUT2D eigenvalue weighted by Gasteiger charge is 2.35. The quantitative estimate of drug-likeness (QED) is 0.480. The number of carbonyl (C=O) groups is 2. The first-order valence-electron chi connectivity index (χ1n) is 11.7. The lowest BCUT2D eigenvalue weighted by Gasteiger charge is -2.27. The molecule has 0 bridgehead atoms. The Morgan fingerprint density at radius 1 is 1.22 bits per heavy atom. The lowest BCUT2D eigenvalue weighted by atomic mass is 10.1. The summed E-state index contributed by atoms with van der Waals surface area (Å²) >= 11 is 0. The molecule has 0 spiro atoms. The smallest absolute Gasteiger partial charge is 0.325 e. The van der Waals surface area contributed by atoms with Crippen LogP contribution in [0.25, 0.3) is 11.3 Å². The van der Waals surface area contributed by atoms with E-state index in [2.05, 4.69) is 16.0 Å². The molecule has 1 aliphatic carbocycles. The summed E-state index contributed by atoms with van der Waals surface area (Å²) < 4.78 is 19.6. The van der Waals surface area contributed by atoms with E-state index in [0.29, 0.717) is 37.0 Å². The van der Waals surface area contributed by atoms with Crippen LogP contribution in [0.2, 0.25) is 0 Å². The van der Waals surface area contributed by atoms with Crippen LogP contribution >= 0.6 is 0 Å². The normalized spacial score (nSPS) is 19.2. The molecule has 3 aromatic rings. The van der Waals surface area contributed by atoms with Crippen molar-refractivity contribution in [1.29, 1.82) is 0 Å². The maximum atomic E-state index is 13.8. The van der Waals surface area contributed by atoms with Gasteiger partial charge in [0.15, 0.2) is 5.76 Å². The minimum Gasteiger partial charge on any atom is -0.424 e. The van der Waals surface area contributed by atoms with E-state index in [4.69, 9.17) is 10.2 Å². The molecule has 2 aliphatic rings. The number of urea groups is 1. The fourth-order valence-corrected chi connectivity index (χ4v) is 4.43. The van der Waals surface area contributed by atoms with Crippen LogP contribution in [0.15, 0.2) is 71.0 Å². The number of aromatic nitrogens is 1. The zero-order chi connectivity index (χ0) is 25.2. The predicted molar refractivity (Wildman–Crippen MR) is 134 cm³/mol. The summed E-state index contributed by atoms with van der Waals surface area (Å²) in [7, 11) is 0. The number of rotatable bonds is 7. The Kier molecular flexibility index (Phi) is 6.31. The topological polar surface area (TPSA) is 105 Å². The standard InChI is InChI=1S/C27H26FN5O3/c1-17-5-10-23(33-12-11-32(27(33)35)22-4-2-3-21(28)14-22)13-20(17)15-30-26-31-16-24(36-26)18-6-8-19(9-7-18)25(29)34/h3-10,13,16,21-22H,11-12,14-15H2,1H3,(H2,29,34)(H,30,31). The van der Waals surface area contributed by atoms with Crippen molar-refractivity contribution in [2.45, 2.75) is 32.1 Å². The molecule has 36 heavy (non-hydrogen) atoms. The first kappa shape index (κ1) is 23.4. The van der Waals surface area contributed by atoms with Crippen LogP contribution in [0, 0.1) is 6.92 Å². The van der Waals surface area contributed by atoms with E-state index in [1.165, 1.54) is 6.08 Å². The Morgan fingerprint density at radius 2 is 2.03 bits per heavy atom. The molecule has 1 fully saturated rings. The van der Waals surface area contributed by atoms with Gasteiger partial charge in [0.05, 0.1) is 12.2 Å². The monoisotopic (exact) mass is 487 g/mol. The molecule has 1 aliphatic heterocycles. The van der Waals surface area contributed by atoms with Crippen molar-refractivity contribution in [2.24, 2.45) is 5.73 Å². The van der Waals surface area contributed by atoms with Crippen LogP contribution in [0.1, 0.15) is 27.9 Å². The summed E-state index contributed by atoms with van der Waals surface area (Å²) in [6.07, 6.45) is 3.95. The maximum absolute atomic E-state index is 13.8. The summed E-state index contributed by atoms with van der Waals surface area (Å²) in [4.78, 5) is 32.1. The molecule has 184 valence electrons. The van der Waals surface area contributed by atoms with Crippen LogP contribution in [0.5, 0.6) is 0 Å². The second-order valence-corrected chi connectivity index (χ2v) is 8.88. The number of alkyl halides is 1. The van der Waals surface area contributed by atoms with Gasteiger partial charge in [-0.25, -0.2) is 14.2 Å². The third kappa shape index (κ3) is 4.74. The summed E-state index contributed by atoms with van der Waals surface area (Å²) in [6.45, 7) is 3.53. The number of amides is 3. The molecule has 2 aromatic carbocycles. The van der Waals surface area contributed by atoms with Crippen LogP contribution in [-0.2, 0) is 6.54 Å². The lowest BCUT2D eigenvalue weighted by molar-refractivity contribution is 0.1000. The SMILES string of the molecule is Cc1ccc(N2CCN(C3C=C=CC(F)C3)C2=O)cc1CNc1ncc(-c2ccc(C(N)=O)cc2)o1. The van der Waals surface area contributed by atoms with Gasteiger partial charge in [0.25, 0.3) is 6.01 Å². The Morgan fingerprint density at radius 3 is 2.78 bits per heavy atom. The Hall–Kier alpha value is -4.36. The number of aryl methyl sites for hydroxylation is 1. The summed E-state index contributed by atoms with van der Waals surface area (Å²) in [6, 6.07) is 12.6. The van der Waals surface area contributed by atoms with Crippen molar-refractivity contribution >= 4 is 23.6 Å². The van der Waals surface area contributed by atoms with Gasteiger partial charge in [-0.15, -0.1) is 5.73 Å². The van der Waals surface area contributed by atoms with Crippen molar-refractivity contribution in [2.75, 3.05) is 23.3 Å². The van der Waals surface area contributed by atoms with Gasteiger partial charge in [-0.05, 0) is 54.5 Å². The molecule has 2 heterocycles. The fourth-order valence-electron chi connectivity index (χ4n) is 4.43. The van der Waals surface area contributed by atoms with Crippen molar-refractivity contribution in [3.05, 3.63) is 83.2 Å². The molecule has 3 amide bonds. The van der Waals surface area contributed by atoms with Crippen LogP contribution in [-0.4, -0.2) is 47.1 Å². The highest BCUT2D eigenvalue weighted by molar-refractivity contribution is 5.94. The number of oxazole rings is 1. The first-order chi connectivity index (χ1) is 17.4. The zero-order valence-corrected chi connectivity index (χ0v) is 19.8. The van der Waals surface area contributed by atoms with Gasteiger partial charge in [-0.2, -0.15) is 0 Å². The third-order valence-electron chi connectivity index (χ3n) is 6.51. The number of halogens is 1. The molecule has 5 rings (SSSR count). The largest absolute Gasteiger partial charge is 0.424 e. The number of nitrogens with zero attached hydrogens (tertiary/aromatic N) is 3. The molecule has 0 saturated carbocycles. The average molecular weight is 488 g/mol. The van der Waals surface area contributed by atoms with E-state index >= 15 is 0 Å². The first-order valence-corrected chi connectivity index (χ1v) is 11.7. The third-order valence-corrected chi connectivity index (χ3v) is 6.51. The number of hydrogen-bond acceptors (Lipinski definition) is 5. The Labute approximate surface area is 207 Å². The van der Waals surface area contributed by atoms with E-state index < -0.39 is 12.1 Å². The lowest BCUT2D eigenvalue weighted by Crippen LogP contribution is -2.40. The van der Waals surface area contributed by atoms with Crippen LogP contribution in [0.3, 0.4) is 0 Å². The van der Waals surface area contributed by atoms with E-state index in [-0.39, 0.29) is 18.5 Å². The molecule has 3 N–H and O–H groups in total. The number of hydrogen-bond donors (Lipinski definition) is 2. The highest BCUT2D eigenvalue weighted by atomic mass is 19.1. The van der Waals surface area contributed by atoms with E-state index in [0.717, 1.165) is 22.4 Å². The van der Waals surface area contributed by atoms with Gasteiger partial charge in [-0.1, -0.05) is 18.2 Å². The summed E-state index contributed by atoms with van der Waals surface area (Å²) in [5, 5.41) is 3.19. The molecule has 2 unspecified atom stereocenters. The number of carbonyl (C=O) groups excluding carboxylic acids is 2. The number of nitrogens with one attached hydrogen (secondary N) is 1. The molecule has 1 aromatic heterocycles. The average Bonchev–Trinajstić information content (AvgIpc) is 3.50. The number of primary amides is 1. The molecule has 8 nitrogen and oxygen atoms in total. The van der Waals surface area contributed by atoms with E-state index in [1.807, 2.05) is 25.1 Å². The van der Waals surface area contributed by atoms with Gasteiger partial charge in [0.2, 0.25) is 5.91 Å². The Balaban J connectivity index is 1.26. The number of anilines is 2. The van der Waals surface area contributed by atoms with Gasteiger partial charge in [-0.3, -0.25) is 9.69 Å². The molecule has 2 atom stereocenters. The zero-order valence-electron chi connectivity index (χ0n) is 19.8. The predicted octanol–water partition coefficient (Wildman–Crippen LogP) is 4.42. The van der Waals surface area contributed by atoms with Crippen molar-refractivity contribution in [1.82, 2.24) is 9.88 Å². The number of nitrogens with two attached hydrogens (primary N) is 1. The van der Waals surface area contributed by atoms with E-state index in [1.54, 1.807) is 46.3 Å². The minimum absolute atomic E-state index is 0.130. The Bertz CT molecular complexity index is 1360. The molecule has 1 saturated heterocycles. The molecular weight excluding hydrogens is 461 g/mol. The van der Waals surface area contributed by atoms with Crippen molar-refractivity contribution < 1.29 is 18.4 Å². The number of benzene rings is 2. The summed E-state index contributed by atoms with van der Waals surface area (Å²) in [5.74, 6) is 0.0719. The van der Waals surface area contributed by atoms with Gasteiger partial charge < -0.3 is 20.4 Å². The molecular formula is C27H26FN5O3. The second-order valence-electron chi connectivity index (χ2n) is 8.88. The second kappa shape index (κ2) is 9.71. The van der Waals surface area contributed by atoms with Gasteiger partial charge in [0, 0.05) is 42.9 Å². The fraction of sp³-hybridized carbons (Fsp3) is 0.259. The highest BCUT2D eigenvalue weighted by Crippen LogP contribution is 2.28. The van der Waals surface area contributed by atoms with Crippen molar-refractivity contribution in [3.8, 4) is 11.3 Å². The van der Waals surface area contributed by atoms with Gasteiger partial charge in [0.1, 0.15) is 6.17 Å². The van der Waals surface area contributed by atoms with Crippen LogP contribution < -0.4 is 16.0 Å². The van der Waals surface area contributed by atoms with Crippen LogP contribution in [0.4, 0.5) is 20.9 Å². The molecule has 9 heteroatoms. The minimum atomic E-state index is -1.08. The van der Waals surface area contributed by atoms with E-state index in [9.17, 15) is 14.0 Å². The maximum Gasteiger partial charge on any atom is 0.325 e. The van der Waals surface area contributed by atoms with Crippen molar-refractivity contribution in [3.63, 3.8) is 0 Å².